The number of nitrogens with zero attached hydrogens (tertiary/aromatic N) is 2. The van der Waals surface area contributed by atoms with Gasteiger partial charge in [-0.1, -0.05) is 34.7 Å². The van der Waals surface area contributed by atoms with E-state index in [-0.39, 0.29) is 11.2 Å². The second-order valence-corrected chi connectivity index (χ2v) is 7.25. The van der Waals surface area contributed by atoms with Crippen LogP contribution in [0.4, 0.5) is 11.4 Å². The van der Waals surface area contributed by atoms with E-state index in [1.54, 1.807) is 18.2 Å². The van der Waals surface area contributed by atoms with Crippen LogP contribution in [0.5, 0.6) is 0 Å². The SMILES string of the molecule is Cc1nnc(SC(C)C(=O)Nc2ccc(Cl)c(N)c2)s1. The molecule has 8 heteroatoms. The Labute approximate surface area is 129 Å². The number of benzene rings is 1. The fourth-order valence-corrected chi connectivity index (χ4v) is 3.47. The second kappa shape index (κ2) is 6.43. The van der Waals surface area contributed by atoms with Crippen molar-refractivity contribution in [2.24, 2.45) is 0 Å². The van der Waals surface area contributed by atoms with Crippen molar-refractivity contribution in [3.63, 3.8) is 0 Å². The number of carbonyl (C=O) groups excluding carboxylic acids is 1. The molecule has 1 atom stereocenters. The summed E-state index contributed by atoms with van der Waals surface area (Å²) in [5.74, 6) is -0.121. The van der Waals surface area contributed by atoms with Crippen LogP contribution in [-0.4, -0.2) is 21.4 Å². The molecule has 0 saturated heterocycles. The fraction of sp³-hybridized carbons (Fsp3) is 0.250. The van der Waals surface area contributed by atoms with E-state index in [1.165, 1.54) is 23.1 Å². The molecule has 0 aliphatic carbocycles. The summed E-state index contributed by atoms with van der Waals surface area (Å²) in [6, 6.07) is 4.99. The first kappa shape index (κ1) is 15.1. The quantitative estimate of drug-likeness (QED) is 0.665. The Morgan fingerprint density at radius 1 is 1.50 bits per heavy atom. The summed E-state index contributed by atoms with van der Waals surface area (Å²) in [6.45, 7) is 3.69. The van der Waals surface area contributed by atoms with Gasteiger partial charge in [-0.2, -0.15) is 0 Å². The summed E-state index contributed by atoms with van der Waals surface area (Å²) in [5.41, 5.74) is 6.75. The van der Waals surface area contributed by atoms with Gasteiger partial charge in [-0.3, -0.25) is 4.79 Å². The number of aromatic nitrogens is 2. The molecule has 1 aromatic carbocycles. The van der Waals surface area contributed by atoms with E-state index in [4.69, 9.17) is 17.3 Å². The Morgan fingerprint density at radius 2 is 2.25 bits per heavy atom. The third kappa shape index (κ3) is 3.84. The number of hydrogen-bond acceptors (Lipinski definition) is 6. The van der Waals surface area contributed by atoms with Gasteiger partial charge in [0.15, 0.2) is 4.34 Å². The number of nitrogens with two attached hydrogens (primary N) is 1. The van der Waals surface area contributed by atoms with E-state index in [1.807, 2.05) is 13.8 Å². The number of rotatable bonds is 4. The number of nitrogen functional groups attached to an aromatic ring is 1. The van der Waals surface area contributed by atoms with Crippen molar-refractivity contribution >= 4 is 52.0 Å². The average Bonchev–Trinajstić information content (AvgIpc) is 2.79. The Morgan fingerprint density at radius 3 is 2.85 bits per heavy atom. The van der Waals surface area contributed by atoms with Gasteiger partial charge in [0.2, 0.25) is 5.91 Å². The van der Waals surface area contributed by atoms with Gasteiger partial charge in [0.05, 0.1) is 16.0 Å². The minimum absolute atomic E-state index is 0.121. The maximum absolute atomic E-state index is 12.1. The predicted octanol–water partition coefficient (Wildman–Crippen LogP) is 3.20. The monoisotopic (exact) mass is 328 g/mol. The van der Waals surface area contributed by atoms with Gasteiger partial charge < -0.3 is 11.1 Å². The van der Waals surface area contributed by atoms with Crippen LogP contribution in [0.2, 0.25) is 5.02 Å². The average molecular weight is 329 g/mol. The summed E-state index contributed by atoms with van der Waals surface area (Å²) in [5, 5.41) is 11.8. The first-order valence-corrected chi connectivity index (χ1v) is 7.86. The van der Waals surface area contributed by atoms with Crippen molar-refractivity contribution in [1.29, 1.82) is 0 Å². The smallest absolute Gasteiger partial charge is 0.237 e. The number of amides is 1. The molecule has 0 aliphatic rings. The van der Waals surface area contributed by atoms with Crippen molar-refractivity contribution in [2.75, 3.05) is 11.1 Å². The highest BCUT2D eigenvalue weighted by molar-refractivity contribution is 8.02. The van der Waals surface area contributed by atoms with E-state index in [2.05, 4.69) is 15.5 Å². The van der Waals surface area contributed by atoms with Crippen molar-refractivity contribution in [3.8, 4) is 0 Å². The van der Waals surface area contributed by atoms with Crippen LogP contribution in [0.15, 0.2) is 22.5 Å². The lowest BCUT2D eigenvalue weighted by Gasteiger charge is -2.11. The molecule has 106 valence electrons. The number of nitrogens with one attached hydrogen (secondary N) is 1. The van der Waals surface area contributed by atoms with Gasteiger partial charge in [-0.05, 0) is 32.0 Å². The molecule has 0 saturated carbocycles. The molecule has 0 fully saturated rings. The van der Waals surface area contributed by atoms with Gasteiger partial charge in [0.25, 0.3) is 0 Å². The van der Waals surface area contributed by atoms with Crippen LogP contribution < -0.4 is 11.1 Å². The summed E-state index contributed by atoms with van der Waals surface area (Å²) >= 11 is 8.68. The summed E-state index contributed by atoms with van der Waals surface area (Å²) in [4.78, 5) is 12.1. The molecule has 1 aromatic heterocycles. The molecular formula is C12H13ClN4OS2. The third-order valence-corrected chi connectivity index (χ3v) is 4.78. The highest BCUT2D eigenvalue weighted by Crippen LogP contribution is 2.27. The summed E-state index contributed by atoms with van der Waals surface area (Å²) in [7, 11) is 0. The largest absolute Gasteiger partial charge is 0.397 e. The zero-order valence-electron chi connectivity index (χ0n) is 10.9. The van der Waals surface area contributed by atoms with Crippen LogP contribution in [0.25, 0.3) is 0 Å². The van der Waals surface area contributed by atoms with Crippen LogP contribution in [-0.2, 0) is 4.79 Å². The maximum atomic E-state index is 12.1. The zero-order valence-corrected chi connectivity index (χ0v) is 13.3. The maximum Gasteiger partial charge on any atom is 0.237 e. The molecule has 0 spiro atoms. The van der Waals surface area contributed by atoms with E-state index in [0.29, 0.717) is 16.4 Å². The fourth-order valence-electron chi connectivity index (χ4n) is 1.40. The number of thioether (sulfide) groups is 1. The molecular weight excluding hydrogens is 316 g/mol. The van der Waals surface area contributed by atoms with Crippen LogP contribution in [0.1, 0.15) is 11.9 Å². The molecule has 0 radical (unpaired) electrons. The Bertz CT molecular complexity index is 632. The lowest BCUT2D eigenvalue weighted by Crippen LogP contribution is -2.22. The highest BCUT2D eigenvalue weighted by Gasteiger charge is 2.17. The van der Waals surface area contributed by atoms with Crippen molar-refractivity contribution in [2.45, 2.75) is 23.4 Å². The Balaban J connectivity index is 1.98. The number of anilines is 2. The summed E-state index contributed by atoms with van der Waals surface area (Å²) in [6.07, 6.45) is 0. The Hall–Kier alpha value is -1.31. The molecule has 2 rings (SSSR count). The first-order valence-electron chi connectivity index (χ1n) is 5.78. The van der Waals surface area contributed by atoms with E-state index in [0.717, 1.165) is 9.35 Å². The molecule has 20 heavy (non-hydrogen) atoms. The summed E-state index contributed by atoms with van der Waals surface area (Å²) < 4.78 is 0.778. The van der Waals surface area contributed by atoms with E-state index >= 15 is 0 Å². The van der Waals surface area contributed by atoms with Crippen LogP contribution >= 0.6 is 34.7 Å². The lowest BCUT2D eigenvalue weighted by atomic mass is 10.2. The van der Waals surface area contributed by atoms with Crippen LogP contribution in [0, 0.1) is 6.92 Å². The van der Waals surface area contributed by atoms with Gasteiger partial charge in [0.1, 0.15) is 5.01 Å². The minimum Gasteiger partial charge on any atom is -0.397 e. The highest BCUT2D eigenvalue weighted by atomic mass is 35.5. The van der Waals surface area contributed by atoms with Gasteiger partial charge in [-0.15, -0.1) is 10.2 Å². The number of hydrogen-bond donors (Lipinski definition) is 2. The van der Waals surface area contributed by atoms with Crippen molar-refractivity contribution in [1.82, 2.24) is 10.2 Å². The lowest BCUT2D eigenvalue weighted by molar-refractivity contribution is -0.115. The predicted molar refractivity (Wildman–Crippen MR) is 84.5 cm³/mol. The first-order chi connectivity index (χ1) is 9.45. The Kier molecular flexibility index (Phi) is 4.85. The second-order valence-electron chi connectivity index (χ2n) is 4.07. The normalized spacial score (nSPS) is 12.2. The standard InChI is InChI=1S/C12H13ClN4OS2/c1-6(19-12-17-16-7(2)20-12)11(18)15-8-3-4-9(13)10(14)5-8/h3-6H,14H2,1-2H3,(H,15,18). The van der Waals surface area contributed by atoms with E-state index in [9.17, 15) is 4.79 Å². The zero-order chi connectivity index (χ0) is 14.7. The molecule has 0 bridgehead atoms. The van der Waals surface area contributed by atoms with Crippen molar-refractivity contribution < 1.29 is 4.79 Å². The minimum atomic E-state index is -0.278. The molecule has 1 unspecified atom stereocenters. The van der Waals surface area contributed by atoms with Crippen LogP contribution in [0.3, 0.4) is 0 Å². The molecule has 3 N–H and O–H groups in total. The molecule has 1 amide bonds. The number of aryl methyl sites for hydroxylation is 1. The topological polar surface area (TPSA) is 80.9 Å². The van der Waals surface area contributed by atoms with E-state index < -0.39 is 0 Å². The van der Waals surface area contributed by atoms with Crippen molar-refractivity contribution in [3.05, 3.63) is 28.2 Å². The number of halogens is 1. The molecule has 5 nitrogen and oxygen atoms in total. The number of carbonyl (C=O) groups is 1. The van der Waals surface area contributed by atoms with Gasteiger partial charge >= 0.3 is 0 Å². The van der Waals surface area contributed by atoms with Gasteiger partial charge in [0, 0.05) is 5.69 Å². The molecule has 1 heterocycles. The molecule has 0 aliphatic heterocycles. The van der Waals surface area contributed by atoms with Gasteiger partial charge in [-0.25, -0.2) is 0 Å². The third-order valence-electron chi connectivity index (χ3n) is 2.42. The molecule has 2 aromatic rings.